The van der Waals surface area contributed by atoms with Crippen molar-refractivity contribution in [1.29, 1.82) is 0 Å². The van der Waals surface area contributed by atoms with Crippen LogP contribution in [0.3, 0.4) is 0 Å². The second-order valence-corrected chi connectivity index (χ2v) is 8.65. The Bertz CT molecular complexity index is 1050. The molecule has 0 aliphatic carbocycles. The maximum absolute atomic E-state index is 12.3. The number of anilines is 1. The van der Waals surface area contributed by atoms with Crippen LogP contribution in [-0.2, 0) is 11.8 Å². The number of amides is 1. The second kappa shape index (κ2) is 9.73. The van der Waals surface area contributed by atoms with Crippen molar-refractivity contribution in [1.82, 2.24) is 14.8 Å². The molecule has 1 heterocycles. The number of carbonyl (C=O) groups excluding carboxylic acids is 1. The number of nitrogens with zero attached hydrogens (tertiary/aromatic N) is 3. The van der Waals surface area contributed by atoms with Crippen LogP contribution in [0, 0.1) is 13.8 Å². The first-order valence-electron chi connectivity index (χ1n) is 9.25. The molecule has 1 amide bonds. The predicted molar refractivity (Wildman–Crippen MR) is 122 cm³/mol. The summed E-state index contributed by atoms with van der Waals surface area (Å²) in [6, 6.07) is 11.2. The summed E-state index contributed by atoms with van der Waals surface area (Å²) in [4.78, 5) is 12.3. The van der Waals surface area contributed by atoms with Crippen molar-refractivity contribution in [2.45, 2.75) is 32.0 Å². The van der Waals surface area contributed by atoms with E-state index in [2.05, 4.69) is 21.6 Å². The first kappa shape index (κ1) is 22.5. The Morgan fingerprint density at radius 1 is 1.20 bits per heavy atom. The van der Waals surface area contributed by atoms with Gasteiger partial charge in [0.25, 0.3) is 0 Å². The van der Waals surface area contributed by atoms with Crippen molar-refractivity contribution in [3.05, 3.63) is 63.4 Å². The third-order valence-corrected chi connectivity index (χ3v) is 6.14. The number of aromatic nitrogens is 3. The Labute approximate surface area is 189 Å². The second-order valence-electron chi connectivity index (χ2n) is 6.92. The molecule has 1 aromatic heterocycles. The number of benzene rings is 2. The average molecular weight is 465 g/mol. The topological polar surface area (TPSA) is 69.0 Å². The van der Waals surface area contributed by atoms with E-state index in [1.54, 1.807) is 18.2 Å². The lowest BCUT2D eigenvalue weighted by Crippen LogP contribution is -2.15. The Hall–Kier alpha value is -2.22. The molecule has 2 aromatic carbocycles. The fourth-order valence-corrected chi connectivity index (χ4v) is 4.05. The van der Waals surface area contributed by atoms with Crippen LogP contribution in [0.5, 0.6) is 5.75 Å². The van der Waals surface area contributed by atoms with Crippen molar-refractivity contribution in [3.8, 4) is 5.75 Å². The largest absolute Gasteiger partial charge is 0.483 e. The van der Waals surface area contributed by atoms with Gasteiger partial charge in [-0.3, -0.25) is 4.79 Å². The van der Waals surface area contributed by atoms with Crippen molar-refractivity contribution in [2.75, 3.05) is 11.1 Å². The lowest BCUT2D eigenvalue weighted by atomic mass is 10.1. The van der Waals surface area contributed by atoms with Crippen LogP contribution >= 0.6 is 35.0 Å². The first-order chi connectivity index (χ1) is 14.2. The molecule has 0 spiro atoms. The van der Waals surface area contributed by atoms with E-state index in [4.69, 9.17) is 27.9 Å². The number of ether oxygens (including phenoxy) is 1. The zero-order valence-corrected chi connectivity index (χ0v) is 19.4. The molecule has 0 aliphatic rings. The predicted octanol–water partition coefficient (Wildman–Crippen LogP) is 5.61. The standard InChI is InChI=1S/C21H22Cl2N4O2S/c1-12-8-13(2)10-15(9-12)29-14(3)20-25-26-21(27(20)4)30-11-18(28)24-17-7-5-6-16(22)19(17)23/h5-10,14H,11H2,1-4H3,(H,24,28). The van der Waals surface area contributed by atoms with Crippen molar-refractivity contribution in [2.24, 2.45) is 7.05 Å². The van der Waals surface area contributed by atoms with Crippen LogP contribution in [-0.4, -0.2) is 26.4 Å². The zero-order valence-electron chi connectivity index (χ0n) is 17.1. The van der Waals surface area contributed by atoms with Gasteiger partial charge in [0.2, 0.25) is 5.91 Å². The van der Waals surface area contributed by atoms with Crippen molar-refractivity contribution < 1.29 is 9.53 Å². The van der Waals surface area contributed by atoms with E-state index in [0.29, 0.717) is 26.7 Å². The van der Waals surface area contributed by atoms with E-state index in [1.807, 2.05) is 44.5 Å². The van der Waals surface area contributed by atoms with Gasteiger partial charge in [-0.1, -0.05) is 47.1 Å². The fourth-order valence-electron chi connectivity index (χ4n) is 2.98. The number of nitrogens with one attached hydrogen (secondary N) is 1. The third-order valence-electron chi connectivity index (χ3n) is 4.30. The number of aryl methyl sites for hydroxylation is 2. The highest BCUT2D eigenvalue weighted by atomic mass is 35.5. The van der Waals surface area contributed by atoms with Gasteiger partial charge in [-0.2, -0.15) is 0 Å². The van der Waals surface area contributed by atoms with Crippen molar-refractivity contribution in [3.63, 3.8) is 0 Å². The van der Waals surface area contributed by atoms with E-state index in [-0.39, 0.29) is 17.8 Å². The van der Waals surface area contributed by atoms with Gasteiger partial charge in [-0.05, 0) is 56.2 Å². The molecule has 0 saturated carbocycles. The summed E-state index contributed by atoms with van der Waals surface area (Å²) in [5, 5.41) is 12.5. The van der Waals surface area contributed by atoms with Gasteiger partial charge in [-0.15, -0.1) is 10.2 Å². The van der Waals surface area contributed by atoms with Crippen LogP contribution in [0.25, 0.3) is 0 Å². The van der Waals surface area contributed by atoms with E-state index in [0.717, 1.165) is 16.9 Å². The summed E-state index contributed by atoms with van der Waals surface area (Å²) in [7, 11) is 1.85. The van der Waals surface area contributed by atoms with Gasteiger partial charge in [0.05, 0.1) is 21.5 Å². The van der Waals surface area contributed by atoms with Gasteiger partial charge in [0, 0.05) is 7.05 Å². The van der Waals surface area contributed by atoms with Gasteiger partial charge in [0.1, 0.15) is 5.75 Å². The van der Waals surface area contributed by atoms with Gasteiger partial charge in [-0.25, -0.2) is 0 Å². The van der Waals surface area contributed by atoms with Crippen molar-refractivity contribution >= 4 is 46.6 Å². The molecule has 30 heavy (non-hydrogen) atoms. The zero-order chi connectivity index (χ0) is 21.8. The highest BCUT2D eigenvalue weighted by Crippen LogP contribution is 2.30. The van der Waals surface area contributed by atoms with E-state index < -0.39 is 0 Å². The fraction of sp³-hybridized carbons (Fsp3) is 0.286. The summed E-state index contributed by atoms with van der Waals surface area (Å²) in [6.45, 7) is 5.98. The minimum absolute atomic E-state index is 0.154. The smallest absolute Gasteiger partial charge is 0.234 e. The Kier molecular flexibility index (Phi) is 7.28. The lowest BCUT2D eigenvalue weighted by molar-refractivity contribution is -0.113. The Morgan fingerprint density at radius 2 is 1.90 bits per heavy atom. The summed E-state index contributed by atoms with van der Waals surface area (Å²) < 4.78 is 7.88. The quantitative estimate of drug-likeness (QED) is 0.460. The third kappa shape index (κ3) is 5.47. The molecule has 6 nitrogen and oxygen atoms in total. The molecular formula is C21H22Cl2N4O2S. The SMILES string of the molecule is Cc1cc(C)cc(OC(C)c2nnc(SCC(=O)Nc3cccc(Cl)c3Cl)n2C)c1. The molecule has 3 rings (SSSR count). The van der Waals surface area contributed by atoms with Gasteiger partial charge < -0.3 is 14.6 Å². The minimum atomic E-state index is -0.294. The molecule has 0 radical (unpaired) electrons. The average Bonchev–Trinajstić information content (AvgIpc) is 3.03. The molecule has 0 saturated heterocycles. The Balaban J connectivity index is 1.62. The number of halogens is 2. The molecule has 1 unspecified atom stereocenters. The number of hydrogen-bond donors (Lipinski definition) is 1. The van der Waals surface area contributed by atoms with Crippen LogP contribution < -0.4 is 10.1 Å². The first-order valence-corrected chi connectivity index (χ1v) is 11.0. The summed E-state index contributed by atoms with van der Waals surface area (Å²) in [6.07, 6.45) is -0.294. The van der Waals surface area contributed by atoms with Crippen LogP contribution in [0.2, 0.25) is 10.0 Å². The molecule has 0 aliphatic heterocycles. The Morgan fingerprint density at radius 3 is 2.60 bits per heavy atom. The number of carbonyl (C=O) groups is 1. The molecule has 3 aromatic rings. The van der Waals surface area contributed by atoms with E-state index in [9.17, 15) is 4.79 Å². The number of hydrogen-bond acceptors (Lipinski definition) is 5. The molecule has 0 bridgehead atoms. The monoisotopic (exact) mass is 464 g/mol. The minimum Gasteiger partial charge on any atom is -0.483 e. The highest BCUT2D eigenvalue weighted by molar-refractivity contribution is 7.99. The molecule has 1 N–H and O–H groups in total. The van der Waals surface area contributed by atoms with E-state index in [1.165, 1.54) is 11.8 Å². The number of thioether (sulfide) groups is 1. The molecule has 0 fully saturated rings. The molecule has 9 heteroatoms. The molecule has 158 valence electrons. The maximum Gasteiger partial charge on any atom is 0.234 e. The van der Waals surface area contributed by atoms with Crippen LogP contribution in [0.1, 0.15) is 30.0 Å². The van der Waals surface area contributed by atoms with Crippen LogP contribution in [0.4, 0.5) is 5.69 Å². The molecular weight excluding hydrogens is 443 g/mol. The maximum atomic E-state index is 12.3. The molecule has 1 atom stereocenters. The van der Waals surface area contributed by atoms with Gasteiger partial charge in [0.15, 0.2) is 17.1 Å². The summed E-state index contributed by atoms with van der Waals surface area (Å²) >= 11 is 13.4. The summed E-state index contributed by atoms with van der Waals surface area (Å²) in [5.41, 5.74) is 2.75. The summed E-state index contributed by atoms with van der Waals surface area (Å²) in [5.74, 6) is 1.40. The lowest BCUT2D eigenvalue weighted by Gasteiger charge is -2.15. The van der Waals surface area contributed by atoms with Crippen LogP contribution in [0.15, 0.2) is 41.6 Å². The van der Waals surface area contributed by atoms with E-state index >= 15 is 0 Å². The normalized spacial score (nSPS) is 11.9. The highest BCUT2D eigenvalue weighted by Gasteiger charge is 2.18. The number of rotatable bonds is 7. The van der Waals surface area contributed by atoms with Gasteiger partial charge >= 0.3 is 0 Å².